The van der Waals surface area contributed by atoms with Crippen LogP contribution in [0.4, 0.5) is 5.69 Å². The molecule has 1 aromatic rings. The SMILES string of the molecule is CCC1(CO)CCN(C2CCCN(c3cnn(C)c3)C2=O)CC1. The van der Waals surface area contributed by atoms with E-state index in [1.54, 1.807) is 10.9 Å². The number of nitrogens with zero attached hydrogens (tertiary/aromatic N) is 4. The van der Waals surface area contributed by atoms with Gasteiger partial charge in [0.1, 0.15) is 0 Å². The molecule has 1 amide bonds. The van der Waals surface area contributed by atoms with E-state index in [9.17, 15) is 9.90 Å². The van der Waals surface area contributed by atoms with Crippen molar-refractivity contribution in [3.63, 3.8) is 0 Å². The van der Waals surface area contributed by atoms with Gasteiger partial charge in [0.15, 0.2) is 0 Å². The van der Waals surface area contributed by atoms with Gasteiger partial charge in [-0.25, -0.2) is 0 Å². The van der Waals surface area contributed by atoms with Gasteiger partial charge in [-0.05, 0) is 50.6 Å². The van der Waals surface area contributed by atoms with Crippen molar-refractivity contribution >= 4 is 11.6 Å². The minimum Gasteiger partial charge on any atom is -0.396 e. The number of carbonyl (C=O) groups excluding carboxylic acids is 1. The molecule has 2 aliphatic heterocycles. The van der Waals surface area contributed by atoms with Crippen molar-refractivity contribution in [3.8, 4) is 0 Å². The monoisotopic (exact) mass is 320 g/mol. The van der Waals surface area contributed by atoms with E-state index in [0.29, 0.717) is 0 Å². The lowest BCUT2D eigenvalue weighted by Gasteiger charge is -2.45. The number of aliphatic hydroxyl groups is 1. The zero-order valence-electron chi connectivity index (χ0n) is 14.2. The topological polar surface area (TPSA) is 61.6 Å². The molecule has 3 rings (SSSR count). The van der Waals surface area contributed by atoms with Crippen molar-refractivity contribution in [2.75, 3.05) is 31.1 Å². The minimum absolute atomic E-state index is 0.0162. The molecule has 23 heavy (non-hydrogen) atoms. The standard InChI is InChI=1S/C17H28N4O2/c1-3-17(13-22)6-9-20(10-7-17)15-5-4-8-21(16(15)23)14-11-18-19(2)12-14/h11-12,15,22H,3-10,13H2,1-2H3. The molecule has 0 spiro atoms. The summed E-state index contributed by atoms with van der Waals surface area (Å²) in [6, 6.07) is -0.0162. The summed E-state index contributed by atoms with van der Waals surface area (Å²) in [5.41, 5.74) is 0.967. The number of amides is 1. The highest BCUT2D eigenvalue weighted by atomic mass is 16.3. The highest BCUT2D eigenvalue weighted by Crippen LogP contribution is 2.36. The molecule has 1 aromatic heterocycles. The van der Waals surface area contributed by atoms with E-state index in [1.807, 2.05) is 18.1 Å². The first kappa shape index (κ1) is 16.5. The van der Waals surface area contributed by atoms with Gasteiger partial charge in [-0.2, -0.15) is 5.10 Å². The van der Waals surface area contributed by atoms with Gasteiger partial charge < -0.3 is 10.0 Å². The normalized spacial score (nSPS) is 25.8. The number of piperidine rings is 2. The van der Waals surface area contributed by atoms with Crippen LogP contribution in [0.3, 0.4) is 0 Å². The first-order valence-electron chi connectivity index (χ1n) is 8.73. The summed E-state index contributed by atoms with van der Waals surface area (Å²) in [5, 5.41) is 13.9. The molecule has 1 N–H and O–H groups in total. The van der Waals surface area contributed by atoms with Crippen LogP contribution in [0.2, 0.25) is 0 Å². The Morgan fingerprint density at radius 2 is 2.09 bits per heavy atom. The highest BCUT2D eigenvalue weighted by molar-refractivity contribution is 5.97. The van der Waals surface area contributed by atoms with E-state index in [0.717, 1.165) is 57.4 Å². The average molecular weight is 320 g/mol. The summed E-state index contributed by atoms with van der Waals surface area (Å²) < 4.78 is 1.74. The smallest absolute Gasteiger partial charge is 0.244 e. The van der Waals surface area contributed by atoms with Gasteiger partial charge in [0, 0.05) is 26.4 Å². The third-order valence-electron chi connectivity index (χ3n) is 5.80. The summed E-state index contributed by atoms with van der Waals surface area (Å²) in [6.07, 6.45) is 8.62. The molecule has 6 heteroatoms. The van der Waals surface area contributed by atoms with Crippen LogP contribution in [0.1, 0.15) is 39.0 Å². The Bertz CT molecular complexity index is 543. The van der Waals surface area contributed by atoms with Gasteiger partial charge in [0.2, 0.25) is 5.91 Å². The Kier molecular flexibility index (Phi) is 4.73. The predicted molar refractivity (Wildman–Crippen MR) is 89.2 cm³/mol. The number of aromatic nitrogens is 2. The number of aryl methyl sites for hydroxylation is 1. The Morgan fingerprint density at radius 3 is 2.65 bits per heavy atom. The second-order valence-corrected chi connectivity index (χ2v) is 7.07. The van der Waals surface area contributed by atoms with Crippen LogP contribution in [-0.2, 0) is 11.8 Å². The first-order chi connectivity index (χ1) is 11.1. The largest absolute Gasteiger partial charge is 0.396 e. The average Bonchev–Trinajstić information content (AvgIpc) is 3.01. The second kappa shape index (κ2) is 6.61. The van der Waals surface area contributed by atoms with E-state index >= 15 is 0 Å². The maximum atomic E-state index is 12.9. The number of aliphatic hydroxyl groups excluding tert-OH is 1. The fraction of sp³-hybridized carbons (Fsp3) is 0.765. The number of likely N-dealkylation sites (tertiary alicyclic amines) is 1. The Morgan fingerprint density at radius 1 is 1.35 bits per heavy atom. The van der Waals surface area contributed by atoms with Crippen molar-refractivity contribution in [2.45, 2.75) is 45.1 Å². The summed E-state index contributed by atoms with van der Waals surface area (Å²) in [7, 11) is 1.87. The summed E-state index contributed by atoms with van der Waals surface area (Å²) >= 11 is 0. The summed E-state index contributed by atoms with van der Waals surface area (Å²) in [6.45, 7) is 5.02. The fourth-order valence-corrected chi connectivity index (χ4v) is 3.93. The van der Waals surface area contributed by atoms with Crippen molar-refractivity contribution in [1.29, 1.82) is 0 Å². The molecule has 2 fully saturated rings. The van der Waals surface area contributed by atoms with E-state index in [1.165, 1.54) is 0 Å². The second-order valence-electron chi connectivity index (χ2n) is 7.07. The van der Waals surface area contributed by atoms with Gasteiger partial charge in [0.05, 0.1) is 17.9 Å². The van der Waals surface area contributed by atoms with Crippen molar-refractivity contribution in [3.05, 3.63) is 12.4 Å². The van der Waals surface area contributed by atoms with E-state index in [2.05, 4.69) is 16.9 Å². The number of carbonyl (C=O) groups is 1. The van der Waals surface area contributed by atoms with E-state index in [4.69, 9.17) is 0 Å². The Balaban J connectivity index is 1.68. The highest BCUT2D eigenvalue weighted by Gasteiger charge is 2.39. The molecule has 2 saturated heterocycles. The number of anilines is 1. The van der Waals surface area contributed by atoms with Crippen molar-refractivity contribution < 1.29 is 9.90 Å². The molecular formula is C17H28N4O2. The van der Waals surface area contributed by atoms with E-state index < -0.39 is 0 Å². The summed E-state index contributed by atoms with van der Waals surface area (Å²) in [5.74, 6) is 0.206. The number of hydrogen-bond acceptors (Lipinski definition) is 4. The number of hydrogen-bond donors (Lipinski definition) is 1. The molecule has 1 unspecified atom stereocenters. The number of rotatable bonds is 4. The lowest BCUT2D eigenvalue weighted by atomic mass is 9.76. The Hall–Kier alpha value is -1.40. The van der Waals surface area contributed by atoms with Gasteiger partial charge in [-0.15, -0.1) is 0 Å². The maximum Gasteiger partial charge on any atom is 0.244 e. The van der Waals surface area contributed by atoms with Gasteiger partial charge in [0.25, 0.3) is 0 Å². The Labute approximate surface area is 138 Å². The molecule has 0 aromatic carbocycles. The molecule has 128 valence electrons. The molecule has 0 bridgehead atoms. The van der Waals surface area contributed by atoms with Gasteiger partial charge in [-0.3, -0.25) is 14.4 Å². The first-order valence-corrected chi connectivity index (χ1v) is 8.73. The molecule has 0 radical (unpaired) electrons. The zero-order chi connectivity index (χ0) is 16.4. The molecule has 6 nitrogen and oxygen atoms in total. The third-order valence-corrected chi connectivity index (χ3v) is 5.80. The molecule has 1 atom stereocenters. The quantitative estimate of drug-likeness (QED) is 0.911. The van der Waals surface area contributed by atoms with Crippen molar-refractivity contribution in [2.24, 2.45) is 12.5 Å². The van der Waals surface area contributed by atoms with Crippen LogP contribution in [0.5, 0.6) is 0 Å². The van der Waals surface area contributed by atoms with E-state index in [-0.39, 0.29) is 24.0 Å². The summed E-state index contributed by atoms with van der Waals surface area (Å²) in [4.78, 5) is 17.1. The van der Waals surface area contributed by atoms with Gasteiger partial charge in [-0.1, -0.05) is 6.92 Å². The van der Waals surface area contributed by atoms with Crippen LogP contribution in [-0.4, -0.2) is 58.0 Å². The van der Waals surface area contributed by atoms with Crippen LogP contribution in [0.25, 0.3) is 0 Å². The minimum atomic E-state index is -0.0162. The van der Waals surface area contributed by atoms with Crippen LogP contribution in [0.15, 0.2) is 12.4 Å². The van der Waals surface area contributed by atoms with Gasteiger partial charge >= 0.3 is 0 Å². The maximum absolute atomic E-state index is 12.9. The molecular weight excluding hydrogens is 292 g/mol. The lowest BCUT2D eigenvalue weighted by Crippen LogP contribution is -2.55. The molecule has 0 saturated carbocycles. The molecule has 0 aliphatic carbocycles. The predicted octanol–water partition coefficient (Wildman–Crippen LogP) is 1.40. The van der Waals surface area contributed by atoms with Crippen LogP contribution < -0.4 is 4.90 Å². The van der Waals surface area contributed by atoms with Crippen LogP contribution >= 0.6 is 0 Å². The van der Waals surface area contributed by atoms with Crippen molar-refractivity contribution in [1.82, 2.24) is 14.7 Å². The molecule has 2 aliphatic rings. The molecule has 3 heterocycles. The zero-order valence-corrected chi connectivity index (χ0v) is 14.2. The van der Waals surface area contributed by atoms with Crippen LogP contribution in [0, 0.1) is 5.41 Å². The third kappa shape index (κ3) is 3.15. The fourth-order valence-electron chi connectivity index (χ4n) is 3.93. The lowest BCUT2D eigenvalue weighted by molar-refractivity contribution is -0.126.